The van der Waals surface area contributed by atoms with Gasteiger partial charge in [0.15, 0.2) is 6.10 Å². The number of ether oxygens (including phenoxy) is 4. The molecule has 6 fully saturated rings. The molecule has 1 N–H and O–H groups in total. The summed E-state index contributed by atoms with van der Waals surface area (Å²) in [6.07, 6.45) is 11.6. The second kappa shape index (κ2) is 16.0. The number of carbonyl (C=O) groups is 3. The van der Waals surface area contributed by atoms with E-state index >= 15 is 0 Å². The predicted molar refractivity (Wildman–Crippen MR) is 180 cm³/mol. The number of rotatable bonds is 8. The summed E-state index contributed by atoms with van der Waals surface area (Å²) in [5.41, 5.74) is -2.21. The minimum absolute atomic E-state index is 0. The van der Waals surface area contributed by atoms with E-state index in [9.17, 15) is 19.5 Å². The van der Waals surface area contributed by atoms with Crippen LogP contribution in [0.3, 0.4) is 0 Å². The molecule has 1 heterocycles. The van der Waals surface area contributed by atoms with Crippen molar-refractivity contribution in [1.29, 1.82) is 0 Å². The molecule has 6 aliphatic rings. The lowest BCUT2D eigenvalue weighted by molar-refractivity contribution is -0.225. The molecule has 0 aromatic heterocycles. The van der Waals surface area contributed by atoms with Gasteiger partial charge < -0.3 is 24.1 Å². The zero-order valence-corrected chi connectivity index (χ0v) is 26.5. The Bertz CT molecular complexity index is 965. The van der Waals surface area contributed by atoms with Gasteiger partial charge in [-0.1, -0.05) is 50.0 Å². The zero-order valence-electron chi connectivity index (χ0n) is 26.5. The first-order valence-corrected chi connectivity index (χ1v) is 16.1. The fraction of sp³-hybridized carbons (Fsp3) is 0.919. The van der Waals surface area contributed by atoms with Crippen molar-refractivity contribution < 1.29 is 38.4 Å². The molecule has 8 heteroatoms. The average molecular weight is 643 g/mol. The Balaban J connectivity index is 0.000000795. The summed E-state index contributed by atoms with van der Waals surface area (Å²) in [4.78, 5) is 36.5. The predicted octanol–water partition coefficient (Wildman–Crippen LogP) is 8.94. The SMILES string of the molecule is C.C.C.C.CCC(C)(C)C(=O)OC(C)OC1CC2(CCCCC2)OC1=O.CCC(C)(C)C(=O)OC12CC3CC(CC(O)(C3)C1)C2. The maximum absolute atomic E-state index is 12.4. The third-order valence-electron chi connectivity index (χ3n) is 10.7. The third-order valence-corrected chi connectivity index (χ3v) is 10.7. The van der Waals surface area contributed by atoms with Gasteiger partial charge in [-0.2, -0.15) is 0 Å². The normalized spacial score (nSPS) is 31.4. The molecule has 8 nitrogen and oxygen atoms in total. The van der Waals surface area contributed by atoms with Gasteiger partial charge in [0.1, 0.15) is 11.2 Å². The van der Waals surface area contributed by atoms with Gasteiger partial charge in [-0.3, -0.25) is 9.59 Å². The van der Waals surface area contributed by atoms with Crippen LogP contribution < -0.4 is 0 Å². The van der Waals surface area contributed by atoms with Crippen LogP contribution in [0.15, 0.2) is 0 Å². The number of aliphatic hydroxyl groups is 1. The van der Waals surface area contributed by atoms with Gasteiger partial charge in [0.25, 0.3) is 0 Å². The van der Waals surface area contributed by atoms with Crippen molar-refractivity contribution >= 4 is 17.9 Å². The van der Waals surface area contributed by atoms with E-state index in [1.807, 2.05) is 41.5 Å². The standard InChI is InChI=1S/C17H28O5.C16H26O3.4CH4/c1-5-16(3,4)15(19)21-12(2)20-13-11-17(22-14(13)18)9-7-6-8-10-17;1-4-14(2,3)13(17)19-16-8-11-5-12(9-16)7-15(18,6-11)10-16;;;;/h12-13H,5-11H2,1-4H3;11-12,18H,4-10H2,1-3H3;4*1H4. The van der Waals surface area contributed by atoms with E-state index in [2.05, 4.69) is 0 Å². The molecule has 1 aliphatic heterocycles. The monoisotopic (exact) mass is 643 g/mol. The van der Waals surface area contributed by atoms with Gasteiger partial charge in [-0.15, -0.1) is 0 Å². The smallest absolute Gasteiger partial charge is 0.336 e. The van der Waals surface area contributed by atoms with Gasteiger partial charge in [0.2, 0.25) is 6.29 Å². The van der Waals surface area contributed by atoms with Crippen molar-refractivity contribution in [2.75, 3.05) is 0 Å². The van der Waals surface area contributed by atoms with Crippen molar-refractivity contribution in [1.82, 2.24) is 0 Å². The van der Waals surface area contributed by atoms with Crippen LogP contribution in [0.1, 0.15) is 168 Å². The van der Waals surface area contributed by atoms with E-state index in [0.29, 0.717) is 31.1 Å². The third kappa shape index (κ3) is 9.92. The summed E-state index contributed by atoms with van der Waals surface area (Å²) in [5, 5.41) is 10.6. The maximum Gasteiger partial charge on any atom is 0.336 e. The maximum atomic E-state index is 12.4. The summed E-state index contributed by atoms with van der Waals surface area (Å²) in [5.74, 6) is 0.411. The molecular weight excluding hydrogens is 572 g/mol. The molecule has 4 atom stereocenters. The Hall–Kier alpha value is -1.67. The highest BCUT2D eigenvalue weighted by atomic mass is 16.7. The highest BCUT2D eigenvalue weighted by Crippen LogP contribution is 2.59. The molecule has 0 aromatic rings. The Morgan fingerprint density at radius 3 is 1.87 bits per heavy atom. The van der Waals surface area contributed by atoms with Crippen LogP contribution in [0.4, 0.5) is 0 Å². The van der Waals surface area contributed by atoms with Crippen molar-refractivity contribution in [2.45, 2.75) is 197 Å². The summed E-state index contributed by atoms with van der Waals surface area (Å²) < 4.78 is 22.5. The quantitative estimate of drug-likeness (QED) is 0.159. The largest absolute Gasteiger partial charge is 0.459 e. The minimum Gasteiger partial charge on any atom is -0.459 e. The van der Waals surface area contributed by atoms with Crippen molar-refractivity contribution in [3.05, 3.63) is 0 Å². The molecule has 4 unspecified atom stereocenters. The Morgan fingerprint density at radius 1 is 0.867 bits per heavy atom. The molecule has 0 amide bonds. The summed E-state index contributed by atoms with van der Waals surface area (Å²) >= 11 is 0. The average Bonchev–Trinajstić information content (AvgIpc) is 3.16. The fourth-order valence-electron chi connectivity index (χ4n) is 7.79. The van der Waals surface area contributed by atoms with Crippen LogP contribution in [0.25, 0.3) is 0 Å². The first kappa shape index (κ1) is 43.3. The van der Waals surface area contributed by atoms with E-state index in [1.165, 1.54) is 12.8 Å². The second-order valence-corrected chi connectivity index (χ2v) is 15.2. The van der Waals surface area contributed by atoms with Gasteiger partial charge in [-0.05, 0) is 117 Å². The van der Waals surface area contributed by atoms with Crippen LogP contribution >= 0.6 is 0 Å². The van der Waals surface area contributed by atoms with Crippen LogP contribution in [-0.2, 0) is 33.3 Å². The number of carbonyl (C=O) groups excluding carboxylic acids is 3. The topological polar surface area (TPSA) is 108 Å². The Morgan fingerprint density at radius 2 is 1.38 bits per heavy atom. The van der Waals surface area contributed by atoms with Crippen molar-refractivity contribution in [3.8, 4) is 0 Å². The minimum atomic E-state index is -0.741. The first-order valence-electron chi connectivity index (χ1n) is 16.1. The molecule has 0 radical (unpaired) electrons. The molecule has 0 aromatic carbocycles. The van der Waals surface area contributed by atoms with Crippen LogP contribution in [0, 0.1) is 22.7 Å². The lowest BCUT2D eigenvalue weighted by Gasteiger charge is -2.59. The molecule has 45 heavy (non-hydrogen) atoms. The van der Waals surface area contributed by atoms with Gasteiger partial charge in [0, 0.05) is 12.8 Å². The lowest BCUT2D eigenvalue weighted by Crippen LogP contribution is -2.61. The molecular formula is C37H70O8. The highest BCUT2D eigenvalue weighted by molar-refractivity contribution is 5.78. The van der Waals surface area contributed by atoms with Crippen LogP contribution in [-0.4, -0.2) is 52.2 Å². The Labute approximate surface area is 276 Å². The molecule has 5 aliphatic carbocycles. The van der Waals surface area contributed by atoms with Crippen molar-refractivity contribution in [3.63, 3.8) is 0 Å². The van der Waals surface area contributed by atoms with E-state index in [4.69, 9.17) is 18.9 Å². The number of esters is 3. The van der Waals surface area contributed by atoms with Crippen LogP contribution in [0.5, 0.6) is 0 Å². The van der Waals surface area contributed by atoms with Gasteiger partial charge in [0.05, 0.1) is 16.4 Å². The number of hydrogen-bond acceptors (Lipinski definition) is 8. The van der Waals surface area contributed by atoms with E-state index in [1.54, 1.807) is 6.92 Å². The molecule has 266 valence electrons. The van der Waals surface area contributed by atoms with Gasteiger partial charge >= 0.3 is 17.9 Å². The van der Waals surface area contributed by atoms with E-state index < -0.39 is 28.8 Å². The van der Waals surface area contributed by atoms with Crippen molar-refractivity contribution in [2.24, 2.45) is 22.7 Å². The number of hydrogen-bond donors (Lipinski definition) is 1. The van der Waals surface area contributed by atoms with Gasteiger partial charge in [-0.25, -0.2) is 4.79 Å². The molecule has 5 saturated carbocycles. The van der Waals surface area contributed by atoms with E-state index in [-0.39, 0.29) is 58.8 Å². The molecule has 1 spiro atoms. The summed E-state index contributed by atoms with van der Waals surface area (Å²) in [6, 6.07) is 0. The zero-order chi connectivity index (χ0) is 30.3. The molecule has 4 bridgehead atoms. The summed E-state index contributed by atoms with van der Waals surface area (Å²) in [7, 11) is 0. The second-order valence-electron chi connectivity index (χ2n) is 15.2. The molecule has 6 rings (SSSR count). The lowest BCUT2D eigenvalue weighted by atomic mass is 9.52. The Kier molecular flexibility index (Phi) is 15.4. The highest BCUT2D eigenvalue weighted by Gasteiger charge is 2.59. The first-order chi connectivity index (χ1) is 19.0. The van der Waals surface area contributed by atoms with E-state index in [0.717, 1.165) is 57.8 Å². The van der Waals surface area contributed by atoms with Crippen LogP contribution in [0.2, 0.25) is 0 Å². The summed E-state index contributed by atoms with van der Waals surface area (Å²) in [6.45, 7) is 13.2. The molecule has 1 saturated heterocycles. The fourth-order valence-corrected chi connectivity index (χ4v) is 7.79.